The summed E-state index contributed by atoms with van der Waals surface area (Å²) in [6, 6.07) is 10.8. The lowest BCUT2D eigenvalue weighted by Crippen LogP contribution is -2.25. The molecular weight excluding hydrogens is 346 g/mol. The van der Waals surface area contributed by atoms with Crippen LogP contribution in [0, 0.1) is 0 Å². The molecule has 0 aliphatic rings. The molecule has 6 nitrogen and oxygen atoms in total. The number of aromatic hydroxyl groups is 1. The van der Waals surface area contributed by atoms with E-state index in [1.54, 1.807) is 24.3 Å². The molecule has 2 aromatic rings. The van der Waals surface area contributed by atoms with Crippen molar-refractivity contribution in [3.05, 3.63) is 59.2 Å². The van der Waals surface area contributed by atoms with E-state index in [1.807, 2.05) is 13.8 Å². The number of aromatic carboxylic acids is 1. The number of nitrogens with zero attached hydrogens (tertiary/aromatic N) is 1. The van der Waals surface area contributed by atoms with Crippen molar-refractivity contribution < 1.29 is 24.5 Å². The third kappa shape index (κ3) is 5.08. The predicted molar refractivity (Wildman–Crippen MR) is 104 cm³/mol. The molecule has 0 saturated heterocycles. The van der Waals surface area contributed by atoms with E-state index in [9.17, 15) is 19.8 Å². The molecule has 0 unspecified atom stereocenters. The van der Waals surface area contributed by atoms with E-state index in [0.717, 1.165) is 25.2 Å². The molecule has 0 fully saturated rings. The number of hydrogen-bond donors (Lipinski definition) is 2. The Morgan fingerprint density at radius 2 is 1.74 bits per heavy atom. The van der Waals surface area contributed by atoms with Gasteiger partial charge in [-0.3, -0.25) is 4.79 Å². The Bertz CT molecular complexity index is 803. The lowest BCUT2D eigenvalue weighted by Gasteiger charge is -2.23. The Morgan fingerprint density at radius 3 is 2.33 bits per heavy atom. The SMILES string of the molecule is CCOCCCN(CC)c1ccc(C(=O)c2ccccc2C(=O)O)c(O)c1. The van der Waals surface area contributed by atoms with Gasteiger partial charge in [-0.2, -0.15) is 0 Å². The molecule has 0 radical (unpaired) electrons. The van der Waals surface area contributed by atoms with Crippen LogP contribution >= 0.6 is 0 Å². The number of anilines is 1. The minimum Gasteiger partial charge on any atom is -0.507 e. The number of ketones is 1. The Labute approximate surface area is 159 Å². The van der Waals surface area contributed by atoms with Gasteiger partial charge in [0, 0.05) is 43.6 Å². The van der Waals surface area contributed by atoms with Crippen LogP contribution < -0.4 is 4.90 Å². The van der Waals surface area contributed by atoms with Gasteiger partial charge in [-0.15, -0.1) is 0 Å². The number of carbonyl (C=O) groups excluding carboxylic acids is 1. The maximum Gasteiger partial charge on any atom is 0.336 e. The number of benzene rings is 2. The van der Waals surface area contributed by atoms with Crippen LogP contribution in [0.2, 0.25) is 0 Å². The number of carboxylic acids is 1. The summed E-state index contributed by atoms with van der Waals surface area (Å²) in [7, 11) is 0. The molecule has 2 aromatic carbocycles. The molecule has 0 spiro atoms. The third-order valence-corrected chi connectivity index (χ3v) is 4.30. The Morgan fingerprint density at radius 1 is 1.04 bits per heavy atom. The van der Waals surface area contributed by atoms with Crippen molar-refractivity contribution in [3.63, 3.8) is 0 Å². The quantitative estimate of drug-likeness (QED) is 0.490. The van der Waals surface area contributed by atoms with Crippen LogP contribution in [0.5, 0.6) is 5.75 Å². The molecule has 144 valence electrons. The number of hydrogen-bond acceptors (Lipinski definition) is 5. The zero-order valence-electron chi connectivity index (χ0n) is 15.6. The first kappa shape index (κ1) is 20.5. The first-order valence-electron chi connectivity index (χ1n) is 9.02. The third-order valence-electron chi connectivity index (χ3n) is 4.30. The van der Waals surface area contributed by atoms with Crippen molar-refractivity contribution in [2.24, 2.45) is 0 Å². The summed E-state index contributed by atoms with van der Waals surface area (Å²) in [5, 5.41) is 19.7. The van der Waals surface area contributed by atoms with E-state index in [2.05, 4.69) is 4.90 Å². The summed E-state index contributed by atoms with van der Waals surface area (Å²) in [4.78, 5) is 26.2. The van der Waals surface area contributed by atoms with Gasteiger partial charge in [0.05, 0.1) is 11.1 Å². The normalized spacial score (nSPS) is 10.6. The highest BCUT2D eigenvalue weighted by Crippen LogP contribution is 2.27. The topological polar surface area (TPSA) is 87.1 Å². The fraction of sp³-hybridized carbons (Fsp3) is 0.333. The largest absolute Gasteiger partial charge is 0.507 e. The van der Waals surface area contributed by atoms with E-state index in [1.165, 1.54) is 18.2 Å². The van der Waals surface area contributed by atoms with E-state index < -0.39 is 11.8 Å². The monoisotopic (exact) mass is 371 g/mol. The van der Waals surface area contributed by atoms with Gasteiger partial charge in [0.15, 0.2) is 5.78 Å². The molecular formula is C21H25NO5. The van der Waals surface area contributed by atoms with Gasteiger partial charge in [0.1, 0.15) is 5.75 Å². The first-order valence-corrected chi connectivity index (χ1v) is 9.02. The smallest absolute Gasteiger partial charge is 0.336 e. The Kier molecular flexibility index (Phi) is 7.37. The number of carboxylic acid groups (broad SMARTS) is 1. The molecule has 0 aromatic heterocycles. The molecule has 0 heterocycles. The van der Waals surface area contributed by atoms with Gasteiger partial charge in [0.2, 0.25) is 0 Å². The molecule has 0 aliphatic heterocycles. The summed E-state index contributed by atoms with van der Waals surface area (Å²) in [6.07, 6.45) is 0.856. The second-order valence-electron chi connectivity index (χ2n) is 6.01. The van der Waals surface area contributed by atoms with Gasteiger partial charge in [-0.25, -0.2) is 4.79 Å². The molecule has 0 amide bonds. The molecule has 27 heavy (non-hydrogen) atoms. The number of phenols is 1. The summed E-state index contributed by atoms with van der Waals surface area (Å²) in [5.74, 6) is -1.86. The summed E-state index contributed by atoms with van der Waals surface area (Å²) in [6.45, 7) is 6.84. The highest BCUT2D eigenvalue weighted by Gasteiger charge is 2.20. The van der Waals surface area contributed by atoms with Crippen LogP contribution in [0.3, 0.4) is 0 Å². The van der Waals surface area contributed by atoms with Gasteiger partial charge in [-0.05, 0) is 38.5 Å². The van der Waals surface area contributed by atoms with Crippen molar-refractivity contribution >= 4 is 17.4 Å². The van der Waals surface area contributed by atoms with Crippen molar-refractivity contribution in [1.29, 1.82) is 0 Å². The number of rotatable bonds is 10. The van der Waals surface area contributed by atoms with Crippen LogP contribution in [-0.4, -0.2) is 48.3 Å². The van der Waals surface area contributed by atoms with Crippen LogP contribution in [0.25, 0.3) is 0 Å². The molecule has 0 aliphatic carbocycles. The average molecular weight is 371 g/mol. The molecule has 0 saturated carbocycles. The molecule has 2 N–H and O–H groups in total. The first-order chi connectivity index (χ1) is 13.0. The summed E-state index contributed by atoms with van der Waals surface area (Å²) < 4.78 is 5.35. The fourth-order valence-electron chi connectivity index (χ4n) is 2.89. The standard InChI is InChI=1S/C21H25NO5/c1-3-22(12-7-13-27-4-2)15-10-11-18(19(23)14-15)20(24)16-8-5-6-9-17(16)21(25)26/h5-6,8-11,14,23H,3-4,7,12-13H2,1-2H3,(H,25,26). The summed E-state index contributed by atoms with van der Waals surface area (Å²) >= 11 is 0. The van der Waals surface area contributed by atoms with Crippen molar-refractivity contribution in [2.75, 3.05) is 31.2 Å². The Hall–Kier alpha value is -2.86. The lowest BCUT2D eigenvalue weighted by atomic mass is 9.97. The van der Waals surface area contributed by atoms with Gasteiger partial charge in [0.25, 0.3) is 0 Å². The van der Waals surface area contributed by atoms with E-state index in [-0.39, 0.29) is 22.4 Å². The zero-order chi connectivity index (χ0) is 19.8. The van der Waals surface area contributed by atoms with Crippen LogP contribution in [0.1, 0.15) is 46.5 Å². The molecule has 0 atom stereocenters. The molecule has 2 rings (SSSR count). The fourth-order valence-corrected chi connectivity index (χ4v) is 2.89. The molecule has 6 heteroatoms. The highest BCUT2D eigenvalue weighted by molar-refractivity contribution is 6.15. The van der Waals surface area contributed by atoms with Crippen LogP contribution in [-0.2, 0) is 4.74 Å². The highest BCUT2D eigenvalue weighted by atomic mass is 16.5. The second kappa shape index (κ2) is 9.73. The number of phenolic OH excluding ortho intramolecular Hbond substituents is 1. The Balaban J connectivity index is 2.23. The van der Waals surface area contributed by atoms with Crippen molar-refractivity contribution in [2.45, 2.75) is 20.3 Å². The van der Waals surface area contributed by atoms with Gasteiger partial charge >= 0.3 is 5.97 Å². The molecule has 0 bridgehead atoms. The van der Waals surface area contributed by atoms with E-state index in [4.69, 9.17) is 4.74 Å². The lowest BCUT2D eigenvalue weighted by molar-refractivity contribution is 0.0692. The summed E-state index contributed by atoms with van der Waals surface area (Å²) in [5.41, 5.74) is 0.849. The minimum absolute atomic E-state index is 0.0529. The van der Waals surface area contributed by atoms with Crippen molar-refractivity contribution in [1.82, 2.24) is 0 Å². The van der Waals surface area contributed by atoms with Gasteiger partial charge < -0.3 is 19.8 Å². The maximum atomic E-state index is 12.7. The van der Waals surface area contributed by atoms with E-state index >= 15 is 0 Å². The van der Waals surface area contributed by atoms with E-state index in [0.29, 0.717) is 13.2 Å². The van der Waals surface area contributed by atoms with Crippen LogP contribution in [0.4, 0.5) is 5.69 Å². The average Bonchev–Trinajstić information content (AvgIpc) is 2.67. The number of carbonyl (C=O) groups is 2. The van der Waals surface area contributed by atoms with Crippen molar-refractivity contribution in [3.8, 4) is 5.75 Å². The second-order valence-corrected chi connectivity index (χ2v) is 6.01. The minimum atomic E-state index is -1.18. The predicted octanol–water partition coefficient (Wildman–Crippen LogP) is 3.57. The number of ether oxygens (including phenoxy) is 1. The zero-order valence-corrected chi connectivity index (χ0v) is 15.6. The van der Waals surface area contributed by atoms with Gasteiger partial charge in [-0.1, -0.05) is 18.2 Å². The van der Waals surface area contributed by atoms with Crippen LogP contribution in [0.15, 0.2) is 42.5 Å². The maximum absolute atomic E-state index is 12.7.